The zero-order valence-electron chi connectivity index (χ0n) is 13.2. The SMILES string of the molecule is C/C(=C\CO)C(=O)NCCCCNC(=O)c1ccc(C)cc1. The zero-order valence-corrected chi connectivity index (χ0v) is 13.2. The first-order valence-corrected chi connectivity index (χ1v) is 7.45. The van der Waals surface area contributed by atoms with Gasteiger partial charge >= 0.3 is 0 Å². The van der Waals surface area contributed by atoms with E-state index in [9.17, 15) is 9.59 Å². The first-order chi connectivity index (χ1) is 10.5. The van der Waals surface area contributed by atoms with Gasteiger partial charge in [0.05, 0.1) is 6.61 Å². The number of nitrogens with one attached hydrogen (secondary N) is 2. The minimum atomic E-state index is -0.169. The van der Waals surface area contributed by atoms with E-state index in [-0.39, 0.29) is 18.4 Å². The normalized spacial score (nSPS) is 11.1. The molecular formula is C17H24N2O3. The standard InChI is InChI=1S/C17H24N2O3/c1-13-5-7-15(8-6-13)17(22)19-11-4-3-10-18-16(21)14(2)9-12-20/h5-9,20H,3-4,10-12H2,1-2H3,(H,18,21)(H,19,22)/b14-9+. The van der Waals surface area contributed by atoms with E-state index in [1.807, 2.05) is 19.1 Å². The predicted octanol–water partition coefficient (Wildman–Crippen LogP) is 1.56. The van der Waals surface area contributed by atoms with Crippen LogP contribution in [0.2, 0.25) is 0 Å². The van der Waals surface area contributed by atoms with Crippen LogP contribution in [0.4, 0.5) is 0 Å². The summed E-state index contributed by atoms with van der Waals surface area (Å²) in [6, 6.07) is 7.43. The van der Waals surface area contributed by atoms with E-state index in [4.69, 9.17) is 5.11 Å². The molecule has 0 bridgehead atoms. The maximum absolute atomic E-state index is 11.8. The minimum Gasteiger partial charge on any atom is -0.392 e. The van der Waals surface area contributed by atoms with E-state index in [1.54, 1.807) is 19.1 Å². The van der Waals surface area contributed by atoms with Gasteiger partial charge in [-0.25, -0.2) is 0 Å². The summed E-state index contributed by atoms with van der Waals surface area (Å²) >= 11 is 0. The molecule has 2 amide bonds. The summed E-state index contributed by atoms with van der Waals surface area (Å²) in [5.41, 5.74) is 2.29. The summed E-state index contributed by atoms with van der Waals surface area (Å²) in [5, 5.41) is 14.3. The number of aliphatic hydroxyl groups is 1. The van der Waals surface area contributed by atoms with Gasteiger partial charge in [0, 0.05) is 24.2 Å². The third kappa shape index (κ3) is 6.54. The minimum absolute atomic E-state index is 0.0780. The van der Waals surface area contributed by atoms with Gasteiger partial charge in [-0.15, -0.1) is 0 Å². The molecule has 0 fully saturated rings. The molecule has 0 saturated heterocycles. The predicted molar refractivity (Wildman–Crippen MR) is 86.6 cm³/mol. The monoisotopic (exact) mass is 304 g/mol. The van der Waals surface area contributed by atoms with Crippen molar-refractivity contribution in [1.82, 2.24) is 10.6 Å². The number of carbonyl (C=O) groups excluding carboxylic acids is 2. The Balaban J connectivity index is 2.15. The number of rotatable bonds is 8. The Morgan fingerprint density at radius 3 is 2.27 bits per heavy atom. The maximum Gasteiger partial charge on any atom is 0.251 e. The average molecular weight is 304 g/mol. The number of amides is 2. The smallest absolute Gasteiger partial charge is 0.251 e. The van der Waals surface area contributed by atoms with Crippen LogP contribution in [0, 0.1) is 6.92 Å². The van der Waals surface area contributed by atoms with Gasteiger partial charge in [0.25, 0.3) is 5.91 Å². The Hall–Kier alpha value is -2.14. The molecule has 0 aliphatic heterocycles. The van der Waals surface area contributed by atoms with Crippen LogP contribution in [0.3, 0.4) is 0 Å². The number of benzene rings is 1. The van der Waals surface area contributed by atoms with E-state index in [1.165, 1.54) is 6.08 Å². The van der Waals surface area contributed by atoms with Crippen LogP contribution in [0.15, 0.2) is 35.9 Å². The fourth-order valence-electron chi connectivity index (χ4n) is 1.83. The van der Waals surface area contributed by atoms with Crippen molar-refractivity contribution in [2.45, 2.75) is 26.7 Å². The molecule has 5 heteroatoms. The fraction of sp³-hybridized carbons (Fsp3) is 0.412. The lowest BCUT2D eigenvalue weighted by Gasteiger charge is -2.07. The summed E-state index contributed by atoms with van der Waals surface area (Å²) in [6.45, 7) is 4.63. The van der Waals surface area contributed by atoms with Gasteiger partial charge in [-0.05, 0) is 38.8 Å². The molecular weight excluding hydrogens is 280 g/mol. The lowest BCUT2D eigenvalue weighted by Crippen LogP contribution is -2.27. The molecule has 5 nitrogen and oxygen atoms in total. The molecule has 0 aliphatic rings. The lowest BCUT2D eigenvalue weighted by molar-refractivity contribution is -0.117. The molecule has 0 aliphatic carbocycles. The Labute approximate surface area is 131 Å². The second-order valence-corrected chi connectivity index (χ2v) is 5.15. The molecule has 120 valence electrons. The van der Waals surface area contributed by atoms with Crippen molar-refractivity contribution in [3.8, 4) is 0 Å². The van der Waals surface area contributed by atoms with E-state index in [0.717, 1.165) is 18.4 Å². The first kappa shape index (κ1) is 17.9. The van der Waals surface area contributed by atoms with Crippen molar-refractivity contribution in [2.24, 2.45) is 0 Å². The third-order valence-electron chi connectivity index (χ3n) is 3.24. The van der Waals surface area contributed by atoms with Crippen molar-refractivity contribution in [3.05, 3.63) is 47.0 Å². The van der Waals surface area contributed by atoms with Crippen LogP contribution in [-0.4, -0.2) is 36.6 Å². The molecule has 0 heterocycles. The molecule has 0 aromatic heterocycles. The molecule has 1 aromatic rings. The van der Waals surface area contributed by atoms with E-state index in [0.29, 0.717) is 24.2 Å². The van der Waals surface area contributed by atoms with Crippen LogP contribution in [-0.2, 0) is 4.79 Å². The quantitative estimate of drug-likeness (QED) is 0.504. The van der Waals surface area contributed by atoms with Gasteiger partial charge in [-0.3, -0.25) is 9.59 Å². The Morgan fingerprint density at radius 2 is 1.68 bits per heavy atom. The molecule has 1 rings (SSSR count). The Kier molecular flexibility index (Phi) is 7.92. The first-order valence-electron chi connectivity index (χ1n) is 7.45. The molecule has 1 aromatic carbocycles. The highest BCUT2D eigenvalue weighted by molar-refractivity contribution is 5.94. The topological polar surface area (TPSA) is 78.4 Å². The second-order valence-electron chi connectivity index (χ2n) is 5.15. The van der Waals surface area contributed by atoms with Gasteiger partial charge in [0.15, 0.2) is 0 Å². The highest BCUT2D eigenvalue weighted by Crippen LogP contribution is 2.02. The van der Waals surface area contributed by atoms with Gasteiger partial charge in [0.2, 0.25) is 5.91 Å². The molecule has 0 atom stereocenters. The zero-order chi connectivity index (χ0) is 16.4. The number of hydrogen-bond acceptors (Lipinski definition) is 3. The van der Waals surface area contributed by atoms with Crippen molar-refractivity contribution in [3.63, 3.8) is 0 Å². The summed E-state index contributed by atoms with van der Waals surface area (Å²) in [5.74, 6) is -0.247. The Bertz CT molecular complexity index is 521. The van der Waals surface area contributed by atoms with Crippen LogP contribution >= 0.6 is 0 Å². The highest BCUT2D eigenvalue weighted by atomic mass is 16.2. The summed E-state index contributed by atoms with van der Waals surface area (Å²) in [6.07, 6.45) is 3.05. The summed E-state index contributed by atoms with van der Waals surface area (Å²) < 4.78 is 0. The largest absolute Gasteiger partial charge is 0.392 e. The summed E-state index contributed by atoms with van der Waals surface area (Å²) in [7, 11) is 0. The molecule has 0 unspecified atom stereocenters. The molecule has 22 heavy (non-hydrogen) atoms. The molecule has 3 N–H and O–H groups in total. The van der Waals surface area contributed by atoms with Crippen LogP contribution in [0.1, 0.15) is 35.7 Å². The van der Waals surface area contributed by atoms with Crippen molar-refractivity contribution < 1.29 is 14.7 Å². The van der Waals surface area contributed by atoms with Crippen molar-refractivity contribution in [1.29, 1.82) is 0 Å². The highest BCUT2D eigenvalue weighted by Gasteiger charge is 2.04. The van der Waals surface area contributed by atoms with Crippen molar-refractivity contribution >= 4 is 11.8 Å². The van der Waals surface area contributed by atoms with E-state index in [2.05, 4.69) is 10.6 Å². The molecule has 0 spiro atoms. The summed E-state index contributed by atoms with van der Waals surface area (Å²) in [4.78, 5) is 23.4. The Morgan fingerprint density at radius 1 is 1.09 bits per heavy atom. The second kappa shape index (κ2) is 9.73. The van der Waals surface area contributed by atoms with Crippen molar-refractivity contribution in [2.75, 3.05) is 19.7 Å². The van der Waals surface area contributed by atoms with Crippen LogP contribution in [0.5, 0.6) is 0 Å². The number of carbonyl (C=O) groups is 2. The average Bonchev–Trinajstić information content (AvgIpc) is 2.51. The number of aryl methyl sites for hydroxylation is 1. The lowest BCUT2D eigenvalue weighted by atomic mass is 10.1. The van der Waals surface area contributed by atoms with E-state index >= 15 is 0 Å². The van der Waals surface area contributed by atoms with E-state index < -0.39 is 0 Å². The molecule has 0 radical (unpaired) electrons. The molecule has 0 saturated carbocycles. The number of unbranched alkanes of at least 4 members (excludes halogenated alkanes) is 1. The third-order valence-corrected chi connectivity index (χ3v) is 3.24. The van der Waals surface area contributed by atoms with Crippen LogP contribution < -0.4 is 10.6 Å². The fourth-order valence-corrected chi connectivity index (χ4v) is 1.83. The van der Waals surface area contributed by atoms with Gasteiger partial charge < -0.3 is 15.7 Å². The van der Waals surface area contributed by atoms with Crippen LogP contribution in [0.25, 0.3) is 0 Å². The number of aliphatic hydroxyl groups excluding tert-OH is 1. The van der Waals surface area contributed by atoms with Gasteiger partial charge in [0.1, 0.15) is 0 Å². The van der Waals surface area contributed by atoms with Gasteiger partial charge in [-0.2, -0.15) is 0 Å². The maximum atomic E-state index is 11.8. The number of hydrogen-bond donors (Lipinski definition) is 3. The van der Waals surface area contributed by atoms with Gasteiger partial charge in [-0.1, -0.05) is 23.8 Å².